The Kier molecular flexibility index (Phi) is 5.26. The van der Waals surface area contributed by atoms with E-state index < -0.39 is 0 Å². The van der Waals surface area contributed by atoms with Crippen LogP contribution in [-0.4, -0.2) is 54.4 Å². The summed E-state index contributed by atoms with van der Waals surface area (Å²) < 4.78 is 0. The van der Waals surface area contributed by atoms with Crippen LogP contribution in [0.1, 0.15) is 39.9 Å². The third-order valence-electron chi connectivity index (χ3n) is 6.02. The second-order valence-electron chi connectivity index (χ2n) is 8.25. The van der Waals surface area contributed by atoms with Crippen LogP contribution < -0.4 is 10.2 Å². The van der Waals surface area contributed by atoms with Gasteiger partial charge in [0.15, 0.2) is 0 Å². The minimum Gasteiger partial charge on any atom is -0.355 e. The van der Waals surface area contributed by atoms with Gasteiger partial charge in [0.2, 0.25) is 5.91 Å². The number of carbonyl (C=O) groups is 2. The molecule has 0 spiro atoms. The minimum atomic E-state index is -0.118. The number of amides is 2. The third kappa shape index (κ3) is 3.84. The Morgan fingerprint density at radius 2 is 1.79 bits per heavy atom. The van der Waals surface area contributed by atoms with Gasteiger partial charge in [0.05, 0.1) is 5.92 Å². The zero-order chi connectivity index (χ0) is 20.5. The molecular formula is C23H28N4O2. The normalized spacial score (nSPS) is 22.0. The topological polar surface area (TPSA) is 65.5 Å². The van der Waals surface area contributed by atoms with Crippen molar-refractivity contribution in [1.82, 2.24) is 15.2 Å². The Morgan fingerprint density at radius 3 is 2.38 bits per heavy atom. The molecule has 0 aliphatic carbocycles. The van der Waals surface area contributed by atoms with Crippen LogP contribution in [0.4, 0.5) is 5.82 Å². The minimum absolute atomic E-state index is 0.0497. The number of aromatic nitrogens is 1. The maximum Gasteiger partial charge on any atom is 0.253 e. The van der Waals surface area contributed by atoms with E-state index in [0.29, 0.717) is 25.2 Å². The van der Waals surface area contributed by atoms with Gasteiger partial charge in [0, 0.05) is 44.5 Å². The molecule has 6 heteroatoms. The number of nitrogens with zero attached hydrogens (tertiary/aromatic N) is 3. The zero-order valence-electron chi connectivity index (χ0n) is 17.3. The molecule has 2 saturated heterocycles. The van der Waals surface area contributed by atoms with E-state index in [4.69, 9.17) is 0 Å². The first-order chi connectivity index (χ1) is 13.9. The van der Waals surface area contributed by atoms with Gasteiger partial charge >= 0.3 is 0 Å². The van der Waals surface area contributed by atoms with E-state index in [2.05, 4.69) is 35.1 Å². The molecule has 1 unspecified atom stereocenters. The van der Waals surface area contributed by atoms with Crippen LogP contribution in [0, 0.1) is 19.8 Å². The SMILES string of the molecule is Cc1cnc(N2CCN(C(=O)c3ccc([C@@H]4C(=O)NCC4C)cc3)CC2)c(C)c1. The van der Waals surface area contributed by atoms with Crippen molar-refractivity contribution in [2.45, 2.75) is 26.7 Å². The molecule has 1 N–H and O–H groups in total. The molecule has 2 aliphatic heterocycles. The number of nitrogens with one attached hydrogen (secondary N) is 1. The molecule has 2 amide bonds. The summed E-state index contributed by atoms with van der Waals surface area (Å²) in [5.74, 6) is 1.29. The van der Waals surface area contributed by atoms with Gasteiger partial charge in [-0.2, -0.15) is 0 Å². The highest BCUT2D eigenvalue weighted by atomic mass is 16.2. The van der Waals surface area contributed by atoms with Gasteiger partial charge in [-0.1, -0.05) is 25.1 Å². The Hall–Kier alpha value is -2.89. The fourth-order valence-corrected chi connectivity index (χ4v) is 4.40. The van der Waals surface area contributed by atoms with Crippen molar-refractivity contribution in [3.05, 3.63) is 58.8 Å². The van der Waals surface area contributed by atoms with E-state index in [-0.39, 0.29) is 23.7 Å². The summed E-state index contributed by atoms with van der Waals surface area (Å²) >= 11 is 0. The van der Waals surface area contributed by atoms with Gasteiger partial charge in [-0.3, -0.25) is 9.59 Å². The van der Waals surface area contributed by atoms with Crippen LogP contribution in [0.5, 0.6) is 0 Å². The summed E-state index contributed by atoms with van der Waals surface area (Å²) in [6, 6.07) is 9.71. The van der Waals surface area contributed by atoms with Crippen LogP contribution in [-0.2, 0) is 4.79 Å². The lowest BCUT2D eigenvalue weighted by Crippen LogP contribution is -2.49. The highest BCUT2D eigenvalue weighted by molar-refractivity contribution is 5.94. The summed E-state index contributed by atoms with van der Waals surface area (Å²) in [5.41, 5.74) is 3.99. The first kappa shape index (κ1) is 19.4. The van der Waals surface area contributed by atoms with Crippen molar-refractivity contribution in [3.8, 4) is 0 Å². The van der Waals surface area contributed by atoms with Crippen LogP contribution in [0.25, 0.3) is 0 Å². The molecule has 4 rings (SSSR count). The lowest BCUT2D eigenvalue weighted by molar-refractivity contribution is -0.120. The van der Waals surface area contributed by atoms with E-state index in [1.807, 2.05) is 42.3 Å². The zero-order valence-corrected chi connectivity index (χ0v) is 17.3. The summed E-state index contributed by atoms with van der Waals surface area (Å²) in [4.78, 5) is 33.7. The Morgan fingerprint density at radius 1 is 1.10 bits per heavy atom. The van der Waals surface area contributed by atoms with E-state index >= 15 is 0 Å². The number of hydrogen-bond donors (Lipinski definition) is 1. The van der Waals surface area contributed by atoms with Gasteiger partial charge < -0.3 is 15.1 Å². The predicted octanol–water partition coefficient (Wildman–Crippen LogP) is 2.51. The molecule has 0 saturated carbocycles. The number of aryl methyl sites for hydroxylation is 2. The van der Waals surface area contributed by atoms with Crippen molar-refractivity contribution >= 4 is 17.6 Å². The summed E-state index contributed by atoms with van der Waals surface area (Å²) in [6.45, 7) is 9.83. The number of hydrogen-bond acceptors (Lipinski definition) is 4. The highest BCUT2D eigenvalue weighted by Gasteiger charge is 2.33. The molecular weight excluding hydrogens is 364 g/mol. The smallest absolute Gasteiger partial charge is 0.253 e. The van der Waals surface area contributed by atoms with E-state index in [0.717, 1.165) is 30.0 Å². The summed E-state index contributed by atoms with van der Waals surface area (Å²) in [5, 5.41) is 2.91. The van der Waals surface area contributed by atoms with Crippen molar-refractivity contribution in [2.24, 2.45) is 5.92 Å². The van der Waals surface area contributed by atoms with Crippen LogP contribution in [0.15, 0.2) is 36.5 Å². The molecule has 0 radical (unpaired) electrons. The lowest BCUT2D eigenvalue weighted by atomic mass is 9.89. The number of anilines is 1. The van der Waals surface area contributed by atoms with Gasteiger partial charge in [-0.25, -0.2) is 4.98 Å². The van der Waals surface area contributed by atoms with Crippen molar-refractivity contribution in [2.75, 3.05) is 37.6 Å². The van der Waals surface area contributed by atoms with Gasteiger partial charge in [0.1, 0.15) is 5.82 Å². The maximum atomic E-state index is 12.9. The van der Waals surface area contributed by atoms with Gasteiger partial charge in [-0.05, 0) is 48.6 Å². The quantitative estimate of drug-likeness (QED) is 0.872. The number of carbonyl (C=O) groups excluding carboxylic acids is 2. The lowest BCUT2D eigenvalue weighted by Gasteiger charge is -2.36. The monoisotopic (exact) mass is 392 g/mol. The Balaban J connectivity index is 1.40. The molecule has 1 aromatic heterocycles. The fourth-order valence-electron chi connectivity index (χ4n) is 4.40. The summed E-state index contributed by atoms with van der Waals surface area (Å²) in [6.07, 6.45) is 1.90. The first-order valence-corrected chi connectivity index (χ1v) is 10.3. The molecule has 2 aliphatic rings. The largest absolute Gasteiger partial charge is 0.355 e. The maximum absolute atomic E-state index is 12.9. The van der Waals surface area contributed by atoms with Crippen LogP contribution in [0.2, 0.25) is 0 Å². The van der Waals surface area contributed by atoms with Crippen LogP contribution in [0.3, 0.4) is 0 Å². The standard InChI is InChI=1S/C23H28N4O2/c1-15-12-16(2)21(24-13-15)26-8-10-27(11-9-26)23(29)19-6-4-18(5-7-19)20-17(3)14-25-22(20)28/h4-7,12-13,17,20H,8-11,14H2,1-3H3,(H,25,28)/t17?,20-/m1/s1. The average Bonchev–Trinajstić information content (AvgIpc) is 3.06. The van der Waals surface area contributed by atoms with Crippen molar-refractivity contribution in [3.63, 3.8) is 0 Å². The average molecular weight is 393 g/mol. The van der Waals surface area contributed by atoms with Gasteiger partial charge in [-0.15, -0.1) is 0 Å². The Bertz CT molecular complexity index is 917. The number of rotatable bonds is 3. The molecule has 2 aromatic rings. The van der Waals surface area contributed by atoms with Crippen molar-refractivity contribution in [1.29, 1.82) is 0 Å². The van der Waals surface area contributed by atoms with Gasteiger partial charge in [0.25, 0.3) is 5.91 Å². The van der Waals surface area contributed by atoms with E-state index in [1.54, 1.807) is 0 Å². The number of benzene rings is 1. The molecule has 2 atom stereocenters. The molecule has 152 valence electrons. The molecule has 6 nitrogen and oxygen atoms in total. The third-order valence-corrected chi connectivity index (χ3v) is 6.02. The molecule has 0 bridgehead atoms. The van der Waals surface area contributed by atoms with E-state index in [9.17, 15) is 9.59 Å². The first-order valence-electron chi connectivity index (χ1n) is 10.3. The fraction of sp³-hybridized carbons (Fsp3) is 0.435. The number of pyridine rings is 1. The molecule has 29 heavy (non-hydrogen) atoms. The Labute approximate surface area is 171 Å². The molecule has 2 fully saturated rings. The molecule has 3 heterocycles. The second-order valence-corrected chi connectivity index (χ2v) is 8.25. The highest BCUT2D eigenvalue weighted by Crippen LogP contribution is 2.29. The van der Waals surface area contributed by atoms with Crippen molar-refractivity contribution < 1.29 is 9.59 Å². The second kappa shape index (κ2) is 7.85. The van der Waals surface area contributed by atoms with Crippen LogP contribution >= 0.6 is 0 Å². The number of piperazine rings is 1. The van der Waals surface area contributed by atoms with E-state index in [1.165, 1.54) is 5.56 Å². The summed E-state index contributed by atoms with van der Waals surface area (Å²) in [7, 11) is 0. The molecule has 1 aromatic carbocycles. The predicted molar refractivity (Wildman–Crippen MR) is 113 cm³/mol.